The molecule has 0 bridgehead atoms. The van der Waals surface area contributed by atoms with E-state index in [2.05, 4.69) is 12.0 Å². The topological polar surface area (TPSA) is 32.3 Å². The van der Waals surface area contributed by atoms with Crippen LogP contribution in [0.1, 0.15) is 12.8 Å². The predicted octanol–water partition coefficient (Wildman–Crippen LogP) is 0.299. The van der Waals surface area contributed by atoms with Crippen molar-refractivity contribution in [2.24, 2.45) is 0 Å². The number of nitrogens with one attached hydrogen (secondary N) is 1. The molecule has 56 valence electrons. The van der Waals surface area contributed by atoms with Gasteiger partial charge in [-0.2, -0.15) is 0 Å². The molecule has 1 aliphatic heterocycles. The Hall–Kier alpha value is -0.830. The molecule has 1 aliphatic rings. The Balaban J connectivity index is 2.23. The Kier molecular flexibility index (Phi) is 2.45. The molecule has 0 aromatic carbocycles. The molecule has 1 amide bonds. The Bertz CT molecular complexity index is 139. The highest BCUT2D eigenvalue weighted by Gasteiger charge is 2.11. The van der Waals surface area contributed by atoms with Gasteiger partial charge in [0.05, 0.1) is 0 Å². The first-order valence-electron chi connectivity index (χ1n) is 3.51. The summed E-state index contributed by atoms with van der Waals surface area (Å²) < 4.78 is 0. The van der Waals surface area contributed by atoms with Crippen LogP contribution in [0, 0.1) is 0 Å². The number of hydrogen-bond acceptors (Lipinski definition) is 2. The fourth-order valence-corrected chi connectivity index (χ4v) is 1.03. The van der Waals surface area contributed by atoms with Crippen molar-refractivity contribution < 1.29 is 4.79 Å². The molecule has 0 saturated carbocycles. The minimum absolute atomic E-state index is 0.109. The molecule has 0 spiro atoms. The molecule has 1 N–H and O–H groups in total. The average molecular weight is 140 g/mol. The monoisotopic (exact) mass is 140 g/mol. The fourth-order valence-electron chi connectivity index (χ4n) is 1.03. The molecule has 3 nitrogen and oxygen atoms in total. The van der Waals surface area contributed by atoms with Gasteiger partial charge in [0.15, 0.2) is 0 Å². The van der Waals surface area contributed by atoms with Gasteiger partial charge in [-0.3, -0.25) is 10.2 Å². The van der Waals surface area contributed by atoms with E-state index in [9.17, 15) is 4.79 Å². The zero-order chi connectivity index (χ0) is 7.40. The zero-order valence-electron chi connectivity index (χ0n) is 5.97. The summed E-state index contributed by atoms with van der Waals surface area (Å²) in [5.74, 6) is -0.109. The van der Waals surface area contributed by atoms with Crippen LogP contribution in [0.3, 0.4) is 0 Å². The summed E-state index contributed by atoms with van der Waals surface area (Å²) >= 11 is 0. The van der Waals surface area contributed by atoms with Gasteiger partial charge in [-0.1, -0.05) is 6.58 Å². The van der Waals surface area contributed by atoms with Gasteiger partial charge >= 0.3 is 0 Å². The first-order valence-corrected chi connectivity index (χ1v) is 3.51. The molecule has 0 aromatic rings. The van der Waals surface area contributed by atoms with Gasteiger partial charge in [-0.25, -0.2) is 5.01 Å². The molecule has 0 aromatic heterocycles. The van der Waals surface area contributed by atoms with Crippen LogP contribution in [0.4, 0.5) is 0 Å². The minimum Gasteiger partial charge on any atom is -0.285 e. The van der Waals surface area contributed by atoms with E-state index in [4.69, 9.17) is 0 Å². The lowest BCUT2D eigenvalue weighted by Gasteiger charge is -2.13. The molecule has 0 radical (unpaired) electrons. The van der Waals surface area contributed by atoms with Crippen LogP contribution in [-0.4, -0.2) is 24.0 Å². The number of carbonyl (C=O) groups excluding carboxylic acids is 1. The molecule has 1 heterocycles. The third kappa shape index (κ3) is 1.84. The summed E-state index contributed by atoms with van der Waals surface area (Å²) in [6.45, 7) is 5.31. The van der Waals surface area contributed by atoms with Crippen LogP contribution >= 0.6 is 0 Å². The lowest BCUT2D eigenvalue weighted by Crippen LogP contribution is -2.38. The number of hydrazine groups is 1. The predicted molar refractivity (Wildman–Crippen MR) is 39.1 cm³/mol. The number of rotatable bonds is 2. The van der Waals surface area contributed by atoms with Gasteiger partial charge in [0.1, 0.15) is 0 Å². The van der Waals surface area contributed by atoms with Crippen molar-refractivity contribution in [1.82, 2.24) is 10.4 Å². The summed E-state index contributed by atoms with van der Waals surface area (Å²) in [6.07, 6.45) is 3.65. The lowest BCUT2D eigenvalue weighted by atomic mass is 10.4. The van der Waals surface area contributed by atoms with Gasteiger partial charge < -0.3 is 0 Å². The van der Waals surface area contributed by atoms with Gasteiger partial charge in [0.2, 0.25) is 0 Å². The Morgan fingerprint density at radius 2 is 2.10 bits per heavy atom. The second-order valence-corrected chi connectivity index (χ2v) is 2.37. The summed E-state index contributed by atoms with van der Waals surface area (Å²) in [6, 6.07) is 0. The largest absolute Gasteiger partial charge is 0.285 e. The first kappa shape index (κ1) is 7.28. The van der Waals surface area contributed by atoms with Crippen molar-refractivity contribution in [3.05, 3.63) is 12.7 Å². The molecule has 1 fully saturated rings. The molecule has 3 heteroatoms. The third-order valence-corrected chi connectivity index (χ3v) is 1.56. The van der Waals surface area contributed by atoms with Crippen LogP contribution in [0.15, 0.2) is 12.7 Å². The third-order valence-electron chi connectivity index (χ3n) is 1.56. The van der Waals surface area contributed by atoms with Crippen molar-refractivity contribution >= 4 is 5.91 Å². The van der Waals surface area contributed by atoms with Crippen molar-refractivity contribution in [3.63, 3.8) is 0 Å². The van der Waals surface area contributed by atoms with E-state index < -0.39 is 0 Å². The standard InChI is InChI=1S/C7H12N2O/c1-2-7(10)8-9-5-3-4-6-9/h2H,1,3-6H2,(H,8,10). The maximum atomic E-state index is 10.7. The Labute approximate surface area is 60.7 Å². The fraction of sp³-hybridized carbons (Fsp3) is 0.571. The van der Waals surface area contributed by atoms with Crippen LogP contribution in [0.25, 0.3) is 0 Å². The van der Waals surface area contributed by atoms with Crippen LogP contribution in [-0.2, 0) is 4.79 Å². The summed E-state index contributed by atoms with van der Waals surface area (Å²) in [5.41, 5.74) is 2.70. The van der Waals surface area contributed by atoms with E-state index in [1.54, 1.807) is 0 Å². The highest BCUT2D eigenvalue weighted by Crippen LogP contribution is 2.02. The number of carbonyl (C=O) groups is 1. The first-order chi connectivity index (χ1) is 4.83. The minimum atomic E-state index is -0.109. The summed E-state index contributed by atoms with van der Waals surface area (Å²) in [4.78, 5) is 10.7. The van der Waals surface area contributed by atoms with Crippen molar-refractivity contribution in [3.8, 4) is 0 Å². The lowest BCUT2D eigenvalue weighted by molar-refractivity contribution is -0.120. The summed E-state index contributed by atoms with van der Waals surface area (Å²) in [7, 11) is 0. The van der Waals surface area contributed by atoms with Gasteiger partial charge in [0.25, 0.3) is 5.91 Å². The maximum absolute atomic E-state index is 10.7. The van der Waals surface area contributed by atoms with Gasteiger partial charge in [0, 0.05) is 13.1 Å². The van der Waals surface area contributed by atoms with E-state index >= 15 is 0 Å². The Morgan fingerprint density at radius 1 is 1.50 bits per heavy atom. The molecule has 1 rings (SSSR count). The quantitative estimate of drug-likeness (QED) is 0.559. The van der Waals surface area contributed by atoms with E-state index in [1.165, 1.54) is 18.9 Å². The highest BCUT2D eigenvalue weighted by molar-refractivity contribution is 5.86. The SMILES string of the molecule is C=CC(=O)NN1CCCC1. The average Bonchev–Trinajstić information content (AvgIpc) is 2.40. The molecular formula is C7H12N2O. The molecule has 1 saturated heterocycles. The highest BCUT2D eigenvalue weighted by atomic mass is 16.2. The second kappa shape index (κ2) is 3.37. The number of hydrogen-bond donors (Lipinski definition) is 1. The van der Waals surface area contributed by atoms with E-state index in [1.807, 2.05) is 5.01 Å². The molecule has 0 aliphatic carbocycles. The number of nitrogens with zero attached hydrogens (tertiary/aromatic N) is 1. The van der Waals surface area contributed by atoms with Gasteiger partial charge in [-0.15, -0.1) is 0 Å². The van der Waals surface area contributed by atoms with Crippen molar-refractivity contribution in [1.29, 1.82) is 0 Å². The van der Waals surface area contributed by atoms with Gasteiger partial charge in [-0.05, 0) is 18.9 Å². The van der Waals surface area contributed by atoms with Crippen LogP contribution in [0.5, 0.6) is 0 Å². The van der Waals surface area contributed by atoms with E-state index in [0.717, 1.165) is 13.1 Å². The molecule has 0 unspecified atom stereocenters. The molecule has 0 atom stereocenters. The molecule has 10 heavy (non-hydrogen) atoms. The second-order valence-electron chi connectivity index (χ2n) is 2.37. The number of amides is 1. The van der Waals surface area contributed by atoms with E-state index in [-0.39, 0.29) is 5.91 Å². The van der Waals surface area contributed by atoms with Crippen molar-refractivity contribution in [2.45, 2.75) is 12.8 Å². The smallest absolute Gasteiger partial charge is 0.257 e. The van der Waals surface area contributed by atoms with Crippen LogP contribution < -0.4 is 5.43 Å². The Morgan fingerprint density at radius 3 is 2.60 bits per heavy atom. The normalized spacial score (nSPS) is 18.8. The molecular weight excluding hydrogens is 128 g/mol. The van der Waals surface area contributed by atoms with Crippen LogP contribution in [0.2, 0.25) is 0 Å². The van der Waals surface area contributed by atoms with Crippen molar-refractivity contribution in [2.75, 3.05) is 13.1 Å². The summed E-state index contributed by atoms with van der Waals surface area (Å²) in [5, 5.41) is 1.92. The van der Waals surface area contributed by atoms with E-state index in [0.29, 0.717) is 0 Å². The zero-order valence-corrected chi connectivity index (χ0v) is 5.97. The maximum Gasteiger partial charge on any atom is 0.257 e.